The van der Waals surface area contributed by atoms with Crippen LogP contribution in [0.15, 0.2) is 0 Å². The number of ether oxygens (including phenoxy) is 2. The highest BCUT2D eigenvalue weighted by atomic mass is 16.5. The standard InChI is InChI=1S/C15H30N2O2/c1-13(2)10-15(11-16,14(3,4)19-13)17(8-9-18-5)12-6-7-12/h12H,6-11,16H2,1-5H3. The summed E-state index contributed by atoms with van der Waals surface area (Å²) in [4.78, 5) is 2.57. The van der Waals surface area contributed by atoms with Gasteiger partial charge >= 0.3 is 0 Å². The molecular formula is C15H30N2O2. The zero-order valence-electron chi connectivity index (χ0n) is 13.2. The molecule has 1 saturated carbocycles. The molecule has 4 heteroatoms. The van der Waals surface area contributed by atoms with Crippen LogP contribution in [0.1, 0.15) is 47.0 Å². The number of methoxy groups -OCH3 is 1. The van der Waals surface area contributed by atoms with Crippen LogP contribution in [-0.4, -0.2) is 54.5 Å². The van der Waals surface area contributed by atoms with Gasteiger partial charge in [-0.3, -0.25) is 4.90 Å². The van der Waals surface area contributed by atoms with E-state index in [0.717, 1.165) is 19.6 Å². The predicted octanol–water partition coefficient (Wildman–Crippen LogP) is 1.77. The number of hydrogen-bond acceptors (Lipinski definition) is 4. The van der Waals surface area contributed by atoms with Gasteiger partial charge in [0.2, 0.25) is 0 Å². The lowest BCUT2D eigenvalue weighted by molar-refractivity contribution is -0.107. The first kappa shape index (κ1) is 15.2. The molecule has 0 aromatic heterocycles. The summed E-state index contributed by atoms with van der Waals surface area (Å²) in [7, 11) is 1.76. The molecule has 0 aromatic rings. The summed E-state index contributed by atoms with van der Waals surface area (Å²) >= 11 is 0. The van der Waals surface area contributed by atoms with Crippen LogP contribution in [0.4, 0.5) is 0 Å². The van der Waals surface area contributed by atoms with Crippen molar-refractivity contribution in [2.45, 2.75) is 69.7 Å². The van der Waals surface area contributed by atoms with Crippen molar-refractivity contribution < 1.29 is 9.47 Å². The smallest absolute Gasteiger partial charge is 0.0830 e. The SMILES string of the molecule is COCCN(C1CC1)C1(CN)CC(C)(C)OC1(C)C. The van der Waals surface area contributed by atoms with E-state index < -0.39 is 0 Å². The Balaban J connectivity index is 2.28. The third kappa shape index (κ3) is 2.68. The Kier molecular flexibility index (Phi) is 4.00. The molecule has 1 aliphatic heterocycles. The van der Waals surface area contributed by atoms with Gasteiger partial charge in [0.1, 0.15) is 0 Å². The monoisotopic (exact) mass is 270 g/mol. The molecule has 0 aromatic carbocycles. The fraction of sp³-hybridized carbons (Fsp3) is 1.00. The number of nitrogens with two attached hydrogens (primary N) is 1. The van der Waals surface area contributed by atoms with Crippen molar-refractivity contribution in [2.75, 3.05) is 26.8 Å². The number of hydrogen-bond donors (Lipinski definition) is 1. The Morgan fingerprint density at radius 2 is 1.89 bits per heavy atom. The van der Waals surface area contributed by atoms with Crippen LogP contribution in [0.3, 0.4) is 0 Å². The van der Waals surface area contributed by atoms with Crippen molar-refractivity contribution in [3.05, 3.63) is 0 Å². The summed E-state index contributed by atoms with van der Waals surface area (Å²) < 4.78 is 11.6. The molecule has 1 heterocycles. The molecule has 1 unspecified atom stereocenters. The maximum absolute atomic E-state index is 6.32. The zero-order valence-corrected chi connectivity index (χ0v) is 13.2. The van der Waals surface area contributed by atoms with E-state index in [2.05, 4.69) is 32.6 Å². The van der Waals surface area contributed by atoms with Crippen molar-refractivity contribution in [1.29, 1.82) is 0 Å². The van der Waals surface area contributed by atoms with E-state index in [0.29, 0.717) is 12.6 Å². The lowest BCUT2D eigenvalue weighted by Crippen LogP contribution is -2.64. The quantitative estimate of drug-likeness (QED) is 0.799. The topological polar surface area (TPSA) is 47.7 Å². The molecule has 1 atom stereocenters. The molecule has 4 nitrogen and oxygen atoms in total. The fourth-order valence-electron chi connectivity index (χ4n) is 3.94. The van der Waals surface area contributed by atoms with Gasteiger partial charge in [-0.05, 0) is 47.0 Å². The average molecular weight is 270 g/mol. The Morgan fingerprint density at radius 1 is 1.26 bits per heavy atom. The highest BCUT2D eigenvalue weighted by Gasteiger charge is 2.61. The maximum atomic E-state index is 6.32. The van der Waals surface area contributed by atoms with Crippen LogP contribution in [0.5, 0.6) is 0 Å². The van der Waals surface area contributed by atoms with Gasteiger partial charge in [0.15, 0.2) is 0 Å². The first-order valence-corrected chi connectivity index (χ1v) is 7.44. The van der Waals surface area contributed by atoms with Crippen LogP contribution in [0.25, 0.3) is 0 Å². The van der Waals surface area contributed by atoms with Crippen LogP contribution in [0, 0.1) is 0 Å². The van der Waals surface area contributed by atoms with E-state index in [1.54, 1.807) is 7.11 Å². The van der Waals surface area contributed by atoms with Crippen LogP contribution < -0.4 is 5.73 Å². The van der Waals surface area contributed by atoms with Gasteiger partial charge in [0, 0.05) is 26.2 Å². The second-order valence-electron chi connectivity index (χ2n) is 7.20. The largest absolute Gasteiger partial charge is 0.383 e. The minimum Gasteiger partial charge on any atom is -0.383 e. The highest BCUT2D eigenvalue weighted by molar-refractivity contribution is 5.15. The van der Waals surface area contributed by atoms with Crippen molar-refractivity contribution in [3.8, 4) is 0 Å². The minimum atomic E-state index is -0.221. The molecule has 19 heavy (non-hydrogen) atoms. The molecular weight excluding hydrogens is 240 g/mol. The highest BCUT2D eigenvalue weighted by Crippen LogP contribution is 2.50. The average Bonchev–Trinajstić information content (AvgIpc) is 3.06. The molecule has 0 bridgehead atoms. The van der Waals surface area contributed by atoms with Gasteiger partial charge < -0.3 is 15.2 Å². The van der Waals surface area contributed by atoms with Crippen LogP contribution in [-0.2, 0) is 9.47 Å². The first-order valence-electron chi connectivity index (χ1n) is 7.44. The second-order valence-corrected chi connectivity index (χ2v) is 7.20. The van der Waals surface area contributed by atoms with Crippen molar-refractivity contribution in [1.82, 2.24) is 4.90 Å². The van der Waals surface area contributed by atoms with Gasteiger partial charge in [-0.1, -0.05) is 0 Å². The molecule has 2 fully saturated rings. The van der Waals surface area contributed by atoms with E-state index >= 15 is 0 Å². The summed E-state index contributed by atoms with van der Waals surface area (Å²) in [6, 6.07) is 0.662. The Labute approximate surface area is 117 Å². The van der Waals surface area contributed by atoms with Crippen LogP contribution in [0.2, 0.25) is 0 Å². The third-order valence-corrected chi connectivity index (χ3v) is 4.78. The maximum Gasteiger partial charge on any atom is 0.0830 e. The summed E-state index contributed by atoms with van der Waals surface area (Å²) in [6.45, 7) is 11.1. The fourth-order valence-corrected chi connectivity index (χ4v) is 3.94. The molecule has 0 spiro atoms. The molecule has 1 saturated heterocycles. The molecule has 112 valence electrons. The lowest BCUT2D eigenvalue weighted by Gasteiger charge is -2.48. The van der Waals surface area contributed by atoms with Gasteiger partial charge in [0.05, 0.1) is 23.3 Å². The second kappa shape index (κ2) is 4.99. The third-order valence-electron chi connectivity index (χ3n) is 4.78. The van der Waals surface area contributed by atoms with Gasteiger partial charge in [-0.15, -0.1) is 0 Å². The van der Waals surface area contributed by atoms with Crippen molar-refractivity contribution in [2.24, 2.45) is 5.73 Å². The van der Waals surface area contributed by atoms with E-state index in [-0.39, 0.29) is 16.7 Å². The van der Waals surface area contributed by atoms with Crippen LogP contribution >= 0.6 is 0 Å². The predicted molar refractivity (Wildman–Crippen MR) is 77.2 cm³/mol. The Morgan fingerprint density at radius 3 is 2.26 bits per heavy atom. The van der Waals surface area contributed by atoms with E-state index in [4.69, 9.17) is 15.2 Å². The zero-order chi connectivity index (χ0) is 14.3. The van der Waals surface area contributed by atoms with Crippen molar-refractivity contribution in [3.63, 3.8) is 0 Å². The Hall–Kier alpha value is -0.160. The van der Waals surface area contributed by atoms with E-state index in [1.807, 2.05) is 0 Å². The molecule has 1 aliphatic carbocycles. The van der Waals surface area contributed by atoms with E-state index in [1.165, 1.54) is 12.8 Å². The van der Waals surface area contributed by atoms with E-state index in [9.17, 15) is 0 Å². The number of rotatable bonds is 6. The molecule has 2 rings (SSSR count). The molecule has 0 amide bonds. The summed E-state index contributed by atoms with van der Waals surface area (Å²) in [5.41, 5.74) is 5.84. The minimum absolute atomic E-state index is 0.0732. The normalized spacial score (nSPS) is 33.0. The molecule has 0 radical (unpaired) electrons. The molecule has 2 aliphatic rings. The summed E-state index contributed by atoms with van der Waals surface area (Å²) in [5, 5.41) is 0. The summed E-state index contributed by atoms with van der Waals surface area (Å²) in [6.07, 6.45) is 3.55. The van der Waals surface area contributed by atoms with Gasteiger partial charge in [-0.25, -0.2) is 0 Å². The van der Waals surface area contributed by atoms with Gasteiger partial charge in [0.25, 0.3) is 0 Å². The number of nitrogens with zero attached hydrogens (tertiary/aromatic N) is 1. The lowest BCUT2D eigenvalue weighted by atomic mass is 9.77. The summed E-state index contributed by atoms with van der Waals surface area (Å²) in [5.74, 6) is 0. The van der Waals surface area contributed by atoms with Crippen molar-refractivity contribution >= 4 is 0 Å². The Bertz CT molecular complexity index is 326. The van der Waals surface area contributed by atoms with Gasteiger partial charge in [-0.2, -0.15) is 0 Å². The first-order chi connectivity index (χ1) is 8.78. The molecule has 2 N–H and O–H groups in total.